The van der Waals surface area contributed by atoms with Gasteiger partial charge in [-0.1, -0.05) is 12.1 Å². The SMILES string of the molecule is CCOC(=O)c1nc(N2CCOCC2)c2oc3ccccc3c2n1. The summed E-state index contributed by atoms with van der Waals surface area (Å²) in [6.07, 6.45) is 0. The number of nitrogens with zero attached hydrogens (tertiary/aromatic N) is 3. The fraction of sp³-hybridized carbons (Fsp3) is 0.353. The van der Waals surface area contributed by atoms with E-state index in [9.17, 15) is 4.79 Å². The minimum atomic E-state index is -0.529. The van der Waals surface area contributed by atoms with Crippen LogP contribution in [-0.4, -0.2) is 48.8 Å². The van der Waals surface area contributed by atoms with Gasteiger partial charge in [-0.3, -0.25) is 0 Å². The third-order valence-electron chi connectivity index (χ3n) is 3.97. The van der Waals surface area contributed by atoms with Crippen molar-refractivity contribution in [2.24, 2.45) is 0 Å². The van der Waals surface area contributed by atoms with E-state index in [1.54, 1.807) is 6.92 Å². The van der Waals surface area contributed by atoms with E-state index in [2.05, 4.69) is 14.9 Å². The molecule has 0 saturated carbocycles. The maximum Gasteiger partial charge on any atom is 0.376 e. The largest absolute Gasteiger partial charge is 0.460 e. The van der Waals surface area contributed by atoms with Gasteiger partial charge < -0.3 is 18.8 Å². The highest BCUT2D eigenvalue weighted by Crippen LogP contribution is 2.33. The van der Waals surface area contributed by atoms with Crippen LogP contribution >= 0.6 is 0 Å². The second-order valence-corrected chi connectivity index (χ2v) is 5.47. The van der Waals surface area contributed by atoms with Gasteiger partial charge in [0.1, 0.15) is 11.1 Å². The van der Waals surface area contributed by atoms with Gasteiger partial charge in [-0.25, -0.2) is 14.8 Å². The first-order chi connectivity index (χ1) is 11.8. The van der Waals surface area contributed by atoms with E-state index in [0.29, 0.717) is 43.2 Å². The third kappa shape index (κ3) is 2.46. The number of esters is 1. The van der Waals surface area contributed by atoms with Crippen molar-refractivity contribution in [3.8, 4) is 0 Å². The Morgan fingerprint density at radius 2 is 2.04 bits per heavy atom. The lowest BCUT2D eigenvalue weighted by atomic mass is 10.2. The quantitative estimate of drug-likeness (QED) is 0.683. The van der Waals surface area contributed by atoms with E-state index in [1.165, 1.54) is 0 Å². The Kier molecular flexibility index (Phi) is 3.78. The highest BCUT2D eigenvalue weighted by Gasteiger charge is 2.24. The van der Waals surface area contributed by atoms with Gasteiger partial charge in [-0.05, 0) is 19.1 Å². The molecule has 1 aliphatic heterocycles. The Balaban J connectivity index is 1.94. The molecule has 3 aromatic rings. The summed E-state index contributed by atoms with van der Waals surface area (Å²) in [5, 5.41) is 0.856. The number of para-hydroxylation sites is 1. The van der Waals surface area contributed by atoms with Gasteiger partial charge in [0.15, 0.2) is 11.4 Å². The third-order valence-corrected chi connectivity index (χ3v) is 3.97. The lowest BCUT2D eigenvalue weighted by molar-refractivity contribution is 0.0512. The summed E-state index contributed by atoms with van der Waals surface area (Å²) >= 11 is 0. The monoisotopic (exact) mass is 327 g/mol. The van der Waals surface area contributed by atoms with E-state index in [1.807, 2.05) is 24.3 Å². The first-order valence-electron chi connectivity index (χ1n) is 7.97. The number of hydrogen-bond acceptors (Lipinski definition) is 7. The molecule has 0 radical (unpaired) electrons. The fourth-order valence-corrected chi connectivity index (χ4v) is 2.85. The molecule has 2 aromatic heterocycles. The second-order valence-electron chi connectivity index (χ2n) is 5.47. The van der Waals surface area contributed by atoms with Gasteiger partial charge in [0.25, 0.3) is 0 Å². The molecule has 124 valence electrons. The molecule has 0 bridgehead atoms. The summed E-state index contributed by atoms with van der Waals surface area (Å²) in [6, 6.07) is 7.62. The van der Waals surface area contributed by atoms with Gasteiger partial charge in [0.05, 0.1) is 19.8 Å². The highest BCUT2D eigenvalue weighted by molar-refractivity contribution is 6.07. The Labute approximate surface area is 138 Å². The number of fused-ring (bicyclic) bond motifs is 3. The van der Waals surface area contributed by atoms with Crippen LogP contribution in [0.25, 0.3) is 22.1 Å². The standard InChI is InChI=1S/C17H17N3O4/c1-2-23-17(21)15-18-13-11-5-3-4-6-12(11)24-14(13)16(19-15)20-7-9-22-10-8-20/h3-6H,2,7-10H2,1H3. The maximum atomic E-state index is 12.2. The van der Waals surface area contributed by atoms with Crippen LogP contribution in [0.2, 0.25) is 0 Å². The van der Waals surface area contributed by atoms with Crippen LogP contribution in [0.5, 0.6) is 0 Å². The lowest BCUT2D eigenvalue weighted by Gasteiger charge is -2.27. The number of aromatic nitrogens is 2. The summed E-state index contributed by atoms with van der Waals surface area (Å²) < 4.78 is 16.4. The molecular formula is C17H17N3O4. The van der Waals surface area contributed by atoms with Gasteiger partial charge >= 0.3 is 5.97 Å². The number of morpholine rings is 1. The number of hydrogen-bond donors (Lipinski definition) is 0. The first-order valence-corrected chi connectivity index (χ1v) is 7.97. The zero-order chi connectivity index (χ0) is 16.5. The Morgan fingerprint density at radius 3 is 2.83 bits per heavy atom. The molecule has 7 nitrogen and oxygen atoms in total. The number of carbonyl (C=O) groups excluding carboxylic acids is 1. The number of anilines is 1. The van der Waals surface area contributed by atoms with Crippen molar-refractivity contribution < 1.29 is 18.7 Å². The van der Waals surface area contributed by atoms with Gasteiger partial charge in [0, 0.05) is 18.5 Å². The molecule has 0 atom stereocenters. The van der Waals surface area contributed by atoms with Gasteiger partial charge in [0.2, 0.25) is 5.82 Å². The molecule has 1 fully saturated rings. The lowest BCUT2D eigenvalue weighted by Crippen LogP contribution is -2.37. The van der Waals surface area contributed by atoms with Crippen LogP contribution in [0.1, 0.15) is 17.5 Å². The number of rotatable bonds is 3. The van der Waals surface area contributed by atoms with Crippen LogP contribution in [0, 0.1) is 0 Å². The normalized spacial score (nSPS) is 15.1. The van der Waals surface area contributed by atoms with Crippen LogP contribution in [0.4, 0.5) is 5.82 Å². The number of benzene rings is 1. The summed E-state index contributed by atoms with van der Waals surface area (Å²) in [6.45, 7) is 4.63. The van der Waals surface area contributed by atoms with E-state index in [-0.39, 0.29) is 12.4 Å². The average molecular weight is 327 g/mol. The van der Waals surface area contributed by atoms with E-state index in [4.69, 9.17) is 13.9 Å². The molecule has 1 aromatic carbocycles. The fourth-order valence-electron chi connectivity index (χ4n) is 2.85. The molecule has 0 unspecified atom stereocenters. The molecule has 1 saturated heterocycles. The molecule has 4 rings (SSSR count). The van der Waals surface area contributed by atoms with Gasteiger partial charge in [-0.15, -0.1) is 0 Å². The summed E-state index contributed by atoms with van der Waals surface area (Å²) in [5.41, 5.74) is 1.94. The minimum Gasteiger partial charge on any atom is -0.460 e. The van der Waals surface area contributed by atoms with Crippen molar-refractivity contribution in [2.45, 2.75) is 6.92 Å². The van der Waals surface area contributed by atoms with Gasteiger partial charge in [-0.2, -0.15) is 0 Å². The maximum absolute atomic E-state index is 12.2. The van der Waals surface area contributed by atoms with E-state index < -0.39 is 5.97 Å². The molecule has 24 heavy (non-hydrogen) atoms. The topological polar surface area (TPSA) is 77.7 Å². The summed E-state index contributed by atoms with van der Waals surface area (Å²) in [7, 11) is 0. The Morgan fingerprint density at radius 1 is 1.25 bits per heavy atom. The molecule has 0 amide bonds. The first kappa shape index (κ1) is 14.9. The second kappa shape index (κ2) is 6.09. The molecule has 7 heteroatoms. The Bertz CT molecular complexity index is 899. The van der Waals surface area contributed by atoms with Crippen molar-refractivity contribution in [3.05, 3.63) is 30.1 Å². The number of ether oxygens (including phenoxy) is 2. The van der Waals surface area contributed by atoms with Crippen molar-refractivity contribution in [2.75, 3.05) is 37.8 Å². The zero-order valence-corrected chi connectivity index (χ0v) is 13.3. The molecule has 0 spiro atoms. The molecule has 3 heterocycles. The van der Waals surface area contributed by atoms with Crippen molar-refractivity contribution in [1.82, 2.24) is 9.97 Å². The Hall–Kier alpha value is -2.67. The molecule has 0 N–H and O–H groups in total. The van der Waals surface area contributed by atoms with Crippen molar-refractivity contribution in [1.29, 1.82) is 0 Å². The van der Waals surface area contributed by atoms with Crippen molar-refractivity contribution >= 4 is 33.9 Å². The number of furan rings is 1. The van der Waals surface area contributed by atoms with Crippen LogP contribution < -0.4 is 4.90 Å². The average Bonchev–Trinajstić information content (AvgIpc) is 3.00. The summed E-state index contributed by atoms with van der Waals surface area (Å²) in [5.74, 6) is 0.138. The predicted octanol–water partition coefficient (Wildman–Crippen LogP) is 2.39. The van der Waals surface area contributed by atoms with Crippen LogP contribution in [0.15, 0.2) is 28.7 Å². The molecule has 0 aliphatic carbocycles. The minimum absolute atomic E-state index is 0.0531. The van der Waals surface area contributed by atoms with E-state index >= 15 is 0 Å². The van der Waals surface area contributed by atoms with Crippen LogP contribution in [-0.2, 0) is 9.47 Å². The molecular weight excluding hydrogens is 310 g/mol. The number of carbonyl (C=O) groups is 1. The smallest absolute Gasteiger partial charge is 0.376 e. The molecule has 1 aliphatic rings. The summed E-state index contributed by atoms with van der Waals surface area (Å²) in [4.78, 5) is 23.0. The van der Waals surface area contributed by atoms with Crippen LogP contribution in [0.3, 0.4) is 0 Å². The van der Waals surface area contributed by atoms with Crippen molar-refractivity contribution in [3.63, 3.8) is 0 Å². The zero-order valence-electron chi connectivity index (χ0n) is 13.3. The van der Waals surface area contributed by atoms with E-state index in [0.717, 1.165) is 11.0 Å². The highest BCUT2D eigenvalue weighted by atomic mass is 16.5. The predicted molar refractivity (Wildman–Crippen MR) is 88.3 cm³/mol.